The number of aromatic carboxylic acids is 1. The highest BCUT2D eigenvalue weighted by Gasteiger charge is 2.52. The third-order valence-electron chi connectivity index (χ3n) is 9.61. The molecule has 0 aromatic heterocycles. The number of benzene rings is 1. The Morgan fingerprint density at radius 1 is 1.07 bits per heavy atom. The molecule has 1 amide bonds. The van der Waals surface area contributed by atoms with Crippen molar-refractivity contribution in [3.8, 4) is 0 Å². The molecule has 3 aliphatic rings. The fourth-order valence-electron chi connectivity index (χ4n) is 7.15. The van der Waals surface area contributed by atoms with Crippen molar-refractivity contribution in [2.75, 3.05) is 0 Å². The number of aliphatic imine (C=N–C) groups is 1. The summed E-state index contributed by atoms with van der Waals surface area (Å²) in [7, 11) is 0. The van der Waals surface area contributed by atoms with Crippen molar-refractivity contribution >= 4 is 17.6 Å². The number of hydrogen-bond donors (Lipinski definition) is 1. The van der Waals surface area contributed by atoms with Crippen LogP contribution < -0.4 is 0 Å². The first kappa shape index (κ1) is 33.0. The Hall–Kier alpha value is -2.89. The molecule has 2 aliphatic carbocycles. The maximum Gasteiger partial charge on any atom is 0.335 e. The number of carbonyl (C=O) groups is 2. The smallest absolute Gasteiger partial charge is 0.335 e. The first-order valence-corrected chi connectivity index (χ1v) is 16.4. The predicted molar refractivity (Wildman–Crippen MR) is 174 cm³/mol. The molecule has 4 atom stereocenters. The van der Waals surface area contributed by atoms with E-state index < -0.39 is 11.6 Å². The Morgan fingerprint density at radius 2 is 1.74 bits per heavy atom. The topological polar surface area (TPSA) is 79.2 Å². The highest BCUT2D eigenvalue weighted by molar-refractivity contribution is 6.47. The Morgan fingerprint density at radius 3 is 2.30 bits per heavy atom. The summed E-state index contributed by atoms with van der Waals surface area (Å²) in [6.45, 7) is 19.9. The fourth-order valence-corrected chi connectivity index (χ4v) is 7.15. The molecule has 0 radical (unpaired) electrons. The van der Waals surface area contributed by atoms with E-state index >= 15 is 0 Å². The molecule has 6 heteroatoms. The molecule has 1 heterocycles. The maximum atomic E-state index is 14.8. The van der Waals surface area contributed by atoms with Crippen molar-refractivity contribution in [1.29, 1.82) is 0 Å². The van der Waals surface area contributed by atoms with Crippen LogP contribution in [0, 0.1) is 22.7 Å². The van der Waals surface area contributed by atoms with E-state index in [2.05, 4.69) is 59.4 Å². The van der Waals surface area contributed by atoms with Gasteiger partial charge in [0, 0.05) is 6.42 Å². The van der Waals surface area contributed by atoms with Crippen molar-refractivity contribution in [2.45, 2.75) is 131 Å². The molecule has 4 unspecified atom stereocenters. The standard InChI is InChI=1S/C37H54N2O4/c1-24(2)43-29-16-17-30(25(3)23-29)32-33(40)39(37(38-32)20-10-11-28(18-22-37)36(7,8)9)31(19-21-35(4,5)6)26-12-14-27(15-13-26)34(41)42/h12-17,24-25,28,31H,10-11,18-23H2,1-9H3,(H,41,42). The molecule has 1 fully saturated rings. The van der Waals surface area contributed by atoms with E-state index in [1.54, 1.807) is 12.1 Å². The number of carbonyl (C=O) groups excluding carboxylic acids is 1. The van der Waals surface area contributed by atoms with E-state index in [0.717, 1.165) is 68.3 Å². The van der Waals surface area contributed by atoms with Gasteiger partial charge in [0.25, 0.3) is 5.91 Å². The molecule has 6 nitrogen and oxygen atoms in total. The SMILES string of the molecule is CC(C)OC1=CC=C(C2=NC3(CCCC(C(C)(C)C)CC3)N(C(CCC(C)(C)C)c3ccc(C(=O)O)cc3)C2=O)C(C)C1. The Labute approximate surface area is 259 Å². The van der Waals surface area contributed by atoms with Crippen LogP contribution >= 0.6 is 0 Å². The molecule has 1 saturated carbocycles. The van der Waals surface area contributed by atoms with Gasteiger partial charge < -0.3 is 14.7 Å². The molecule has 1 aromatic carbocycles. The van der Waals surface area contributed by atoms with Crippen molar-refractivity contribution in [2.24, 2.45) is 27.7 Å². The maximum absolute atomic E-state index is 14.8. The van der Waals surface area contributed by atoms with Gasteiger partial charge in [-0.2, -0.15) is 0 Å². The van der Waals surface area contributed by atoms with Crippen LogP contribution in [0.5, 0.6) is 0 Å². The minimum atomic E-state index is -0.943. The van der Waals surface area contributed by atoms with Crippen LogP contribution in [0.25, 0.3) is 0 Å². The second kappa shape index (κ2) is 12.6. The second-order valence-corrected chi connectivity index (χ2v) is 15.7. The van der Waals surface area contributed by atoms with Crippen LogP contribution in [0.4, 0.5) is 0 Å². The van der Waals surface area contributed by atoms with E-state index in [4.69, 9.17) is 9.73 Å². The summed E-state index contributed by atoms with van der Waals surface area (Å²) in [4.78, 5) is 34.1. The second-order valence-electron chi connectivity index (χ2n) is 15.7. The molecule has 0 bridgehead atoms. The van der Waals surface area contributed by atoms with Gasteiger partial charge in [0.1, 0.15) is 11.4 Å². The highest BCUT2D eigenvalue weighted by Crippen LogP contribution is 2.49. The summed E-state index contributed by atoms with van der Waals surface area (Å²) in [5.74, 6) is 0.705. The van der Waals surface area contributed by atoms with E-state index in [-0.39, 0.29) is 40.4 Å². The fraction of sp³-hybridized carbons (Fsp3) is 0.649. The van der Waals surface area contributed by atoms with Gasteiger partial charge in [-0.25, -0.2) is 4.79 Å². The van der Waals surface area contributed by atoms with Gasteiger partial charge in [-0.15, -0.1) is 0 Å². The number of carboxylic acid groups (broad SMARTS) is 1. The molecule has 236 valence electrons. The molecule has 1 N–H and O–H groups in total. The van der Waals surface area contributed by atoms with Gasteiger partial charge in [0.2, 0.25) is 0 Å². The normalized spacial score (nSPS) is 25.8. The van der Waals surface area contributed by atoms with Gasteiger partial charge in [0.15, 0.2) is 0 Å². The number of allylic oxidation sites excluding steroid dienone is 3. The third-order valence-corrected chi connectivity index (χ3v) is 9.61. The average molecular weight is 591 g/mol. The monoisotopic (exact) mass is 590 g/mol. The summed E-state index contributed by atoms with van der Waals surface area (Å²) in [6.07, 6.45) is 11.5. The largest absolute Gasteiger partial charge is 0.495 e. The molecule has 4 rings (SSSR count). The highest BCUT2D eigenvalue weighted by atomic mass is 16.5. The van der Waals surface area contributed by atoms with E-state index in [1.165, 1.54) is 0 Å². The van der Waals surface area contributed by atoms with Crippen LogP contribution in [0.1, 0.15) is 136 Å². The van der Waals surface area contributed by atoms with Gasteiger partial charge in [-0.1, -0.05) is 66.7 Å². The van der Waals surface area contributed by atoms with E-state index in [0.29, 0.717) is 11.6 Å². The number of hydrogen-bond acceptors (Lipinski definition) is 4. The molecule has 1 aromatic rings. The first-order chi connectivity index (χ1) is 20.0. The zero-order chi connectivity index (χ0) is 31.7. The number of rotatable bonds is 8. The van der Waals surface area contributed by atoms with Gasteiger partial charge in [0.05, 0.1) is 23.5 Å². The Balaban J connectivity index is 1.82. The summed E-state index contributed by atoms with van der Waals surface area (Å²) in [5.41, 5.74) is 2.50. The quantitative estimate of drug-likeness (QED) is 0.327. The zero-order valence-electron chi connectivity index (χ0n) is 28.0. The van der Waals surface area contributed by atoms with Crippen molar-refractivity contribution in [3.63, 3.8) is 0 Å². The number of amides is 1. The summed E-state index contributed by atoms with van der Waals surface area (Å²) < 4.78 is 6.02. The summed E-state index contributed by atoms with van der Waals surface area (Å²) in [5, 5.41) is 9.57. The molecular weight excluding hydrogens is 536 g/mol. The van der Waals surface area contributed by atoms with Crippen molar-refractivity contribution in [3.05, 3.63) is 58.9 Å². The van der Waals surface area contributed by atoms with Crippen LogP contribution in [-0.2, 0) is 9.53 Å². The van der Waals surface area contributed by atoms with Crippen LogP contribution in [-0.4, -0.2) is 39.4 Å². The molecule has 1 aliphatic heterocycles. The lowest BCUT2D eigenvalue weighted by atomic mass is 9.76. The van der Waals surface area contributed by atoms with Gasteiger partial charge in [-0.05, 0) is 111 Å². The summed E-state index contributed by atoms with van der Waals surface area (Å²) >= 11 is 0. The lowest BCUT2D eigenvalue weighted by Crippen LogP contribution is -2.49. The minimum Gasteiger partial charge on any atom is -0.495 e. The van der Waals surface area contributed by atoms with Crippen molar-refractivity contribution in [1.82, 2.24) is 4.90 Å². The van der Waals surface area contributed by atoms with Gasteiger partial charge in [-0.3, -0.25) is 9.79 Å². The number of nitrogens with zero attached hydrogens (tertiary/aromatic N) is 2. The molecule has 0 saturated heterocycles. The third kappa shape index (κ3) is 7.61. The molecular formula is C37H54N2O4. The summed E-state index contributed by atoms with van der Waals surface area (Å²) in [6, 6.07) is 6.96. The lowest BCUT2D eigenvalue weighted by Gasteiger charge is -2.42. The minimum absolute atomic E-state index is 0.00940. The zero-order valence-corrected chi connectivity index (χ0v) is 28.0. The molecule has 43 heavy (non-hydrogen) atoms. The van der Waals surface area contributed by atoms with Gasteiger partial charge >= 0.3 is 5.97 Å². The molecule has 1 spiro atoms. The van der Waals surface area contributed by atoms with E-state index in [1.807, 2.05) is 32.1 Å². The van der Waals surface area contributed by atoms with Crippen LogP contribution in [0.3, 0.4) is 0 Å². The number of ether oxygens (including phenoxy) is 1. The van der Waals surface area contributed by atoms with Crippen molar-refractivity contribution < 1.29 is 19.4 Å². The number of carboxylic acids is 1. The predicted octanol–water partition coefficient (Wildman–Crippen LogP) is 9.13. The first-order valence-electron chi connectivity index (χ1n) is 16.4. The lowest BCUT2D eigenvalue weighted by molar-refractivity contribution is -0.132. The Bertz CT molecular complexity index is 1270. The van der Waals surface area contributed by atoms with E-state index in [9.17, 15) is 14.7 Å². The van der Waals surface area contributed by atoms with Crippen LogP contribution in [0.2, 0.25) is 0 Å². The van der Waals surface area contributed by atoms with Crippen LogP contribution in [0.15, 0.2) is 52.7 Å². The Kier molecular flexibility index (Phi) is 9.68. The average Bonchev–Trinajstić information content (AvgIpc) is 3.02.